The molecule has 0 bridgehead atoms. The van der Waals surface area contributed by atoms with E-state index in [9.17, 15) is 12.8 Å². The third kappa shape index (κ3) is 3.71. The van der Waals surface area contributed by atoms with Gasteiger partial charge in [0, 0.05) is 26.2 Å². The summed E-state index contributed by atoms with van der Waals surface area (Å²) in [6.07, 6.45) is 0. The molecule has 1 saturated heterocycles. The average Bonchev–Trinajstić information content (AvgIpc) is 3.04. The van der Waals surface area contributed by atoms with Crippen LogP contribution in [-0.2, 0) is 10.0 Å². The predicted octanol–water partition coefficient (Wildman–Crippen LogP) is 3.79. The zero-order valence-corrected chi connectivity index (χ0v) is 18.3. The Labute approximate surface area is 180 Å². The number of hydrogen-bond donors (Lipinski definition) is 0. The lowest BCUT2D eigenvalue weighted by molar-refractivity contribution is 0.384. The van der Waals surface area contributed by atoms with E-state index in [1.165, 1.54) is 10.4 Å². The molecule has 4 rings (SSSR count). The van der Waals surface area contributed by atoms with Gasteiger partial charge in [-0.25, -0.2) is 17.5 Å². The molecule has 2 aromatic carbocycles. The van der Waals surface area contributed by atoms with Gasteiger partial charge in [-0.15, -0.1) is 0 Å². The van der Waals surface area contributed by atoms with Gasteiger partial charge in [-0.05, 0) is 44.2 Å². The first-order valence-corrected chi connectivity index (χ1v) is 11.4. The van der Waals surface area contributed by atoms with Crippen molar-refractivity contribution in [3.8, 4) is 5.69 Å². The summed E-state index contributed by atoms with van der Waals surface area (Å²) in [5.41, 5.74) is 3.93. The highest BCUT2D eigenvalue weighted by Gasteiger charge is 2.31. The first-order chi connectivity index (χ1) is 14.3. The molecule has 0 aliphatic carbocycles. The number of hydrogen-bond acceptors (Lipinski definition) is 4. The van der Waals surface area contributed by atoms with Crippen molar-refractivity contribution in [2.75, 3.05) is 31.1 Å². The second kappa shape index (κ2) is 8.02. The van der Waals surface area contributed by atoms with Crippen molar-refractivity contribution in [3.05, 3.63) is 70.8 Å². The second-order valence-electron chi connectivity index (χ2n) is 7.23. The molecule has 0 saturated carbocycles. The highest BCUT2D eigenvalue weighted by molar-refractivity contribution is 7.89. The van der Waals surface area contributed by atoms with Crippen LogP contribution >= 0.6 is 11.6 Å². The summed E-state index contributed by atoms with van der Waals surface area (Å²) in [5.74, 6) is -0.637. The molecule has 2 heterocycles. The average molecular weight is 449 g/mol. The van der Waals surface area contributed by atoms with Gasteiger partial charge >= 0.3 is 0 Å². The van der Waals surface area contributed by atoms with E-state index < -0.39 is 15.8 Å². The number of rotatable bonds is 4. The number of para-hydroxylation sites is 1. The SMILES string of the molecule is Cc1nn(-c2ccccc2)c(C)c1N1CCN(S(=O)(=O)c2ccc(F)c(Cl)c2)CC1. The van der Waals surface area contributed by atoms with E-state index in [1.807, 2.05) is 48.9 Å². The molecule has 1 aromatic heterocycles. The fraction of sp³-hybridized carbons (Fsp3) is 0.286. The van der Waals surface area contributed by atoms with Crippen LogP contribution in [0.1, 0.15) is 11.4 Å². The van der Waals surface area contributed by atoms with Crippen molar-refractivity contribution in [2.24, 2.45) is 0 Å². The standard InChI is InChI=1S/C21H22ClFN4O2S/c1-15-21(16(2)27(24-15)17-6-4-3-5-7-17)25-10-12-26(13-11-25)30(28,29)18-8-9-20(23)19(22)14-18/h3-9,14H,10-13H2,1-2H3. The van der Waals surface area contributed by atoms with Crippen molar-refractivity contribution < 1.29 is 12.8 Å². The largest absolute Gasteiger partial charge is 0.366 e. The van der Waals surface area contributed by atoms with Gasteiger partial charge in [0.2, 0.25) is 10.0 Å². The van der Waals surface area contributed by atoms with Crippen molar-refractivity contribution in [1.29, 1.82) is 0 Å². The Bertz CT molecular complexity index is 1170. The number of piperazine rings is 1. The Morgan fingerprint density at radius 2 is 1.67 bits per heavy atom. The van der Waals surface area contributed by atoms with Gasteiger partial charge in [0.15, 0.2) is 0 Å². The minimum absolute atomic E-state index is 0.00612. The van der Waals surface area contributed by atoms with Crippen LogP contribution in [0.5, 0.6) is 0 Å². The monoisotopic (exact) mass is 448 g/mol. The summed E-state index contributed by atoms with van der Waals surface area (Å²) in [4.78, 5) is 2.17. The van der Waals surface area contributed by atoms with E-state index in [1.54, 1.807) is 0 Å². The molecule has 3 aromatic rings. The van der Waals surface area contributed by atoms with Gasteiger partial charge in [0.1, 0.15) is 5.82 Å². The maximum absolute atomic E-state index is 13.4. The van der Waals surface area contributed by atoms with E-state index in [0.29, 0.717) is 26.2 Å². The topological polar surface area (TPSA) is 58.4 Å². The molecule has 0 amide bonds. The van der Waals surface area contributed by atoms with Crippen molar-refractivity contribution in [3.63, 3.8) is 0 Å². The fourth-order valence-electron chi connectivity index (χ4n) is 3.85. The lowest BCUT2D eigenvalue weighted by Gasteiger charge is -2.35. The van der Waals surface area contributed by atoms with E-state index in [-0.39, 0.29) is 9.92 Å². The fourth-order valence-corrected chi connectivity index (χ4v) is 5.55. The molecule has 9 heteroatoms. The number of anilines is 1. The summed E-state index contributed by atoms with van der Waals surface area (Å²) in [5, 5.41) is 4.48. The first kappa shape index (κ1) is 20.8. The van der Waals surface area contributed by atoms with Crippen molar-refractivity contribution in [1.82, 2.24) is 14.1 Å². The second-order valence-corrected chi connectivity index (χ2v) is 9.58. The normalized spacial score (nSPS) is 15.5. The summed E-state index contributed by atoms with van der Waals surface area (Å²) in [6.45, 7) is 5.71. The van der Waals surface area contributed by atoms with Crippen LogP contribution < -0.4 is 4.90 Å². The summed E-state index contributed by atoms with van der Waals surface area (Å²) < 4.78 is 42.6. The number of sulfonamides is 1. The number of benzene rings is 2. The van der Waals surface area contributed by atoms with Crippen LogP contribution in [0.15, 0.2) is 53.4 Å². The van der Waals surface area contributed by atoms with E-state index in [4.69, 9.17) is 11.6 Å². The van der Waals surface area contributed by atoms with Crippen LogP contribution in [0, 0.1) is 19.7 Å². The minimum Gasteiger partial charge on any atom is -0.366 e. The van der Waals surface area contributed by atoms with Crippen LogP contribution in [0.4, 0.5) is 10.1 Å². The van der Waals surface area contributed by atoms with Crippen LogP contribution in [-0.4, -0.2) is 48.7 Å². The number of nitrogens with zero attached hydrogens (tertiary/aromatic N) is 4. The van der Waals surface area contributed by atoms with Crippen molar-refractivity contribution >= 4 is 27.3 Å². The quantitative estimate of drug-likeness (QED) is 0.609. The summed E-state index contributed by atoms with van der Waals surface area (Å²) in [6, 6.07) is 13.4. The maximum atomic E-state index is 13.4. The molecule has 158 valence electrons. The van der Waals surface area contributed by atoms with Gasteiger partial charge in [-0.1, -0.05) is 29.8 Å². The minimum atomic E-state index is -3.73. The zero-order valence-electron chi connectivity index (χ0n) is 16.7. The molecule has 0 N–H and O–H groups in total. The molecular formula is C21H22ClFN4O2S. The lowest BCUT2D eigenvalue weighted by atomic mass is 10.2. The van der Waals surface area contributed by atoms with Gasteiger partial charge in [0.05, 0.1) is 32.7 Å². The van der Waals surface area contributed by atoms with E-state index in [0.717, 1.165) is 34.9 Å². The number of aromatic nitrogens is 2. The Balaban J connectivity index is 1.54. The summed E-state index contributed by atoms with van der Waals surface area (Å²) >= 11 is 5.77. The Morgan fingerprint density at radius 3 is 2.30 bits per heavy atom. The Kier molecular flexibility index (Phi) is 5.57. The van der Waals surface area contributed by atoms with Gasteiger partial charge in [-0.2, -0.15) is 9.40 Å². The van der Waals surface area contributed by atoms with Gasteiger partial charge in [0.25, 0.3) is 0 Å². The van der Waals surface area contributed by atoms with Crippen LogP contribution in [0.3, 0.4) is 0 Å². The molecule has 6 nitrogen and oxygen atoms in total. The molecule has 1 aliphatic rings. The third-order valence-corrected chi connectivity index (χ3v) is 7.52. The van der Waals surface area contributed by atoms with Crippen LogP contribution in [0.2, 0.25) is 5.02 Å². The highest BCUT2D eigenvalue weighted by Crippen LogP contribution is 2.29. The molecule has 0 atom stereocenters. The zero-order chi connectivity index (χ0) is 21.5. The molecule has 0 unspecified atom stereocenters. The number of halogens is 2. The van der Waals surface area contributed by atoms with E-state index in [2.05, 4.69) is 10.00 Å². The number of aryl methyl sites for hydroxylation is 1. The molecule has 0 spiro atoms. The van der Waals surface area contributed by atoms with Crippen molar-refractivity contribution in [2.45, 2.75) is 18.7 Å². The maximum Gasteiger partial charge on any atom is 0.243 e. The molecule has 30 heavy (non-hydrogen) atoms. The predicted molar refractivity (Wildman–Crippen MR) is 115 cm³/mol. The third-order valence-electron chi connectivity index (χ3n) is 5.34. The lowest BCUT2D eigenvalue weighted by Crippen LogP contribution is -2.49. The van der Waals surface area contributed by atoms with E-state index >= 15 is 0 Å². The molecular weight excluding hydrogens is 427 g/mol. The van der Waals surface area contributed by atoms with Gasteiger partial charge < -0.3 is 4.90 Å². The Morgan fingerprint density at radius 1 is 1.00 bits per heavy atom. The Hall–Kier alpha value is -2.42. The molecule has 0 radical (unpaired) electrons. The van der Waals surface area contributed by atoms with Gasteiger partial charge in [-0.3, -0.25) is 0 Å². The molecule has 1 fully saturated rings. The highest BCUT2D eigenvalue weighted by atomic mass is 35.5. The summed E-state index contributed by atoms with van der Waals surface area (Å²) in [7, 11) is -3.73. The smallest absolute Gasteiger partial charge is 0.243 e. The first-order valence-electron chi connectivity index (χ1n) is 9.61. The van der Waals surface area contributed by atoms with Crippen LogP contribution in [0.25, 0.3) is 5.69 Å². The molecule has 1 aliphatic heterocycles.